The van der Waals surface area contributed by atoms with E-state index in [9.17, 15) is 0 Å². The molecule has 0 heterocycles. The number of nitrogens with one attached hydrogen (secondary N) is 1. The Morgan fingerprint density at radius 2 is 2.00 bits per heavy atom. The molecule has 0 aliphatic rings. The summed E-state index contributed by atoms with van der Waals surface area (Å²) in [6.45, 7) is 0. The van der Waals surface area contributed by atoms with Crippen molar-refractivity contribution in [2.75, 3.05) is 5.32 Å². The SMILES string of the molecule is N#CC(=CNc1ccccc1)C(O)C#N. The van der Waals surface area contributed by atoms with Crippen LogP contribution in [0.15, 0.2) is 42.1 Å². The Bertz CT molecular complexity index is 425. The van der Waals surface area contributed by atoms with E-state index >= 15 is 0 Å². The van der Waals surface area contributed by atoms with Crippen LogP contribution in [0.5, 0.6) is 0 Å². The first kappa shape index (κ1) is 10.8. The summed E-state index contributed by atoms with van der Waals surface area (Å²) in [6, 6.07) is 12.5. The summed E-state index contributed by atoms with van der Waals surface area (Å²) < 4.78 is 0. The van der Waals surface area contributed by atoms with Crippen molar-refractivity contribution in [1.82, 2.24) is 0 Å². The third-order valence-corrected chi connectivity index (χ3v) is 1.71. The molecule has 1 rings (SSSR count). The van der Waals surface area contributed by atoms with Crippen molar-refractivity contribution in [2.24, 2.45) is 0 Å². The second-order valence-electron chi connectivity index (χ2n) is 2.75. The summed E-state index contributed by atoms with van der Waals surface area (Å²) in [5.74, 6) is 0. The third kappa shape index (κ3) is 3.15. The van der Waals surface area contributed by atoms with Gasteiger partial charge < -0.3 is 10.4 Å². The van der Waals surface area contributed by atoms with E-state index in [0.29, 0.717) is 0 Å². The van der Waals surface area contributed by atoms with Gasteiger partial charge in [-0.2, -0.15) is 10.5 Å². The third-order valence-electron chi connectivity index (χ3n) is 1.71. The minimum absolute atomic E-state index is 0.0126. The zero-order chi connectivity index (χ0) is 11.1. The number of aliphatic hydroxyl groups excluding tert-OH is 1. The van der Waals surface area contributed by atoms with Crippen LogP contribution in [0.25, 0.3) is 0 Å². The number of rotatable bonds is 3. The van der Waals surface area contributed by atoms with Gasteiger partial charge in [-0.1, -0.05) is 18.2 Å². The topological polar surface area (TPSA) is 79.8 Å². The lowest BCUT2D eigenvalue weighted by atomic mass is 10.2. The molecule has 4 heteroatoms. The quantitative estimate of drug-likeness (QED) is 0.569. The van der Waals surface area contributed by atoms with Gasteiger partial charge in [0.05, 0.1) is 11.6 Å². The normalized spacial score (nSPS) is 12.3. The highest BCUT2D eigenvalue weighted by Crippen LogP contribution is 2.07. The molecule has 0 saturated carbocycles. The zero-order valence-electron chi connectivity index (χ0n) is 7.88. The zero-order valence-corrected chi connectivity index (χ0v) is 7.88. The maximum atomic E-state index is 9.10. The monoisotopic (exact) mass is 199 g/mol. The first-order chi connectivity index (χ1) is 7.27. The van der Waals surface area contributed by atoms with Crippen LogP contribution in [0.3, 0.4) is 0 Å². The molecule has 0 amide bonds. The minimum Gasteiger partial charge on any atom is -0.373 e. The van der Waals surface area contributed by atoms with E-state index in [1.807, 2.05) is 30.3 Å². The molecule has 0 aliphatic heterocycles. The summed E-state index contributed by atoms with van der Waals surface area (Å²) in [5.41, 5.74) is 0.775. The van der Waals surface area contributed by atoms with E-state index in [4.69, 9.17) is 15.6 Å². The van der Waals surface area contributed by atoms with E-state index in [2.05, 4.69) is 5.32 Å². The molecule has 1 atom stereocenters. The fourth-order valence-corrected chi connectivity index (χ4v) is 0.937. The van der Waals surface area contributed by atoms with Crippen LogP contribution in [0.4, 0.5) is 5.69 Å². The van der Waals surface area contributed by atoms with Crippen molar-refractivity contribution in [3.05, 3.63) is 42.1 Å². The number of para-hydroxylation sites is 1. The van der Waals surface area contributed by atoms with E-state index < -0.39 is 6.10 Å². The van der Waals surface area contributed by atoms with Crippen molar-refractivity contribution in [3.8, 4) is 12.1 Å². The summed E-state index contributed by atoms with van der Waals surface area (Å²) in [4.78, 5) is 0. The highest BCUT2D eigenvalue weighted by molar-refractivity contribution is 5.47. The van der Waals surface area contributed by atoms with Crippen LogP contribution in [-0.4, -0.2) is 11.2 Å². The molecule has 1 unspecified atom stereocenters. The first-order valence-corrected chi connectivity index (χ1v) is 4.27. The Hall–Kier alpha value is -2.30. The lowest BCUT2D eigenvalue weighted by Crippen LogP contribution is -2.07. The Labute approximate surface area is 87.7 Å². The average molecular weight is 199 g/mol. The Morgan fingerprint density at radius 1 is 1.33 bits per heavy atom. The van der Waals surface area contributed by atoms with Crippen molar-refractivity contribution in [3.63, 3.8) is 0 Å². The minimum atomic E-state index is -1.38. The molecule has 1 aromatic carbocycles. The standard InChI is InChI=1S/C11H9N3O/c12-6-9(11(15)7-13)8-14-10-4-2-1-3-5-10/h1-5,8,11,14-15H. The molecule has 4 nitrogen and oxygen atoms in total. The largest absolute Gasteiger partial charge is 0.373 e. The van der Waals surface area contributed by atoms with Crippen LogP contribution in [0.1, 0.15) is 0 Å². The van der Waals surface area contributed by atoms with Crippen LogP contribution < -0.4 is 5.32 Å². The van der Waals surface area contributed by atoms with Crippen LogP contribution in [0, 0.1) is 22.7 Å². The van der Waals surface area contributed by atoms with Crippen molar-refractivity contribution in [2.45, 2.75) is 6.10 Å². The average Bonchev–Trinajstić information content (AvgIpc) is 2.31. The molecule has 0 saturated heterocycles. The number of aliphatic hydroxyl groups is 1. The molecular formula is C11H9N3O. The summed E-state index contributed by atoms with van der Waals surface area (Å²) >= 11 is 0. The lowest BCUT2D eigenvalue weighted by Gasteiger charge is -2.02. The number of hydrogen-bond donors (Lipinski definition) is 2. The van der Waals surface area contributed by atoms with Crippen molar-refractivity contribution in [1.29, 1.82) is 10.5 Å². The molecule has 0 radical (unpaired) electrons. The molecule has 0 fully saturated rings. The highest BCUT2D eigenvalue weighted by atomic mass is 16.3. The Morgan fingerprint density at radius 3 is 2.53 bits per heavy atom. The second-order valence-corrected chi connectivity index (χ2v) is 2.75. The maximum absolute atomic E-state index is 9.10. The van der Waals surface area contributed by atoms with Gasteiger partial charge in [0, 0.05) is 11.9 Å². The summed E-state index contributed by atoms with van der Waals surface area (Å²) in [7, 11) is 0. The molecule has 0 bridgehead atoms. The molecule has 2 N–H and O–H groups in total. The van der Waals surface area contributed by atoms with Gasteiger partial charge in [-0.3, -0.25) is 0 Å². The number of benzene rings is 1. The Balaban J connectivity index is 2.73. The van der Waals surface area contributed by atoms with Crippen LogP contribution in [0.2, 0.25) is 0 Å². The number of anilines is 1. The molecule has 0 spiro atoms. The van der Waals surface area contributed by atoms with E-state index in [0.717, 1.165) is 5.69 Å². The number of nitrogens with zero attached hydrogens (tertiary/aromatic N) is 2. The molecule has 74 valence electrons. The van der Waals surface area contributed by atoms with E-state index in [1.54, 1.807) is 12.1 Å². The van der Waals surface area contributed by atoms with Crippen molar-refractivity contribution >= 4 is 5.69 Å². The van der Waals surface area contributed by atoms with Gasteiger partial charge >= 0.3 is 0 Å². The van der Waals surface area contributed by atoms with Gasteiger partial charge in [-0.15, -0.1) is 0 Å². The lowest BCUT2D eigenvalue weighted by molar-refractivity contribution is 0.270. The highest BCUT2D eigenvalue weighted by Gasteiger charge is 2.07. The van der Waals surface area contributed by atoms with Gasteiger partial charge in [0.25, 0.3) is 0 Å². The molecule has 15 heavy (non-hydrogen) atoms. The van der Waals surface area contributed by atoms with E-state index in [1.165, 1.54) is 6.20 Å². The molecule has 1 aromatic rings. The van der Waals surface area contributed by atoms with Gasteiger partial charge in [0.2, 0.25) is 0 Å². The summed E-state index contributed by atoms with van der Waals surface area (Å²) in [5, 5.41) is 29.0. The first-order valence-electron chi connectivity index (χ1n) is 4.27. The Kier molecular flexibility index (Phi) is 3.91. The predicted octanol–water partition coefficient (Wildman–Crippen LogP) is 1.39. The fourth-order valence-electron chi connectivity index (χ4n) is 0.937. The number of hydrogen-bond acceptors (Lipinski definition) is 4. The smallest absolute Gasteiger partial charge is 0.177 e. The van der Waals surface area contributed by atoms with Gasteiger partial charge in [-0.05, 0) is 12.1 Å². The second kappa shape index (κ2) is 5.43. The summed E-state index contributed by atoms with van der Waals surface area (Å²) in [6.07, 6.45) is -0.0605. The maximum Gasteiger partial charge on any atom is 0.177 e. The van der Waals surface area contributed by atoms with E-state index in [-0.39, 0.29) is 5.57 Å². The van der Waals surface area contributed by atoms with Gasteiger partial charge in [0.15, 0.2) is 6.10 Å². The fraction of sp³-hybridized carbons (Fsp3) is 0.0909. The molecule has 0 aliphatic carbocycles. The van der Waals surface area contributed by atoms with Crippen molar-refractivity contribution < 1.29 is 5.11 Å². The number of nitriles is 2. The molecular weight excluding hydrogens is 190 g/mol. The molecule has 0 aromatic heterocycles. The van der Waals surface area contributed by atoms with Gasteiger partial charge in [-0.25, -0.2) is 0 Å². The van der Waals surface area contributed by atoms with Gasteiger partial charge in [0.1, 0.15) is 6.07 Å². The van der Waals surface area contributed by atoms with Crippen LogP contribution >= 0.6 is 0 Å². The predicted molar refractivity (Wildman–Crippen MR) is 55.4 cm³/mol. The van der Waals surface area contributed by atoms with Crippen LogP contribution in [-0.2, 0) is 0 Å².